The van der Waals surface area contributed by atoms with Gasteiger partial charge in [0.25, 0.3) is 0 Å². The number of aromatic nitrogens is 3. The molecule has 3 aromatic heterocycles. The topological polar surface area (TPSA) is 113 Å². The second-order valence-electron chi connectivity index (χ2n) is 16.0. The number of aliphatic hydroxyl groups is 2. The number of ketones is 2. The number of carbonyl (C=O) groups is 2. The number of aryl methyl sites for hydroxylation is 2. The van der Waals surface area contributed by atoms with Crippen molar-refractivity contribution in [2.75, 3.05) is 0 Å². The molecule has 7 nitrogen and oxygen atoms in total. The van der Waals surface area contributed by atoms with Crippen molar-refractivity contribution >= 4 is 11.6 Å². The Morgan fingerprint density at radius 3 is 0.918 bits per heavy atom. The molecule has 0 aliphatic rings. The van der Waals surface area contributed by atoms with Crippen molar-refractivity contribution in [1.82, 2.24) is 15.0 Å². The van der Waals surface area contributed by atoms with Gasteiger partial charge in [-0.3, -0.25) is 9.59 Å². The molecule has 0 atom stereocenters. The van der Waals surface area contributed by atoms with Crippen molar-refractivity contribution in [2.24, 2.45) is 0 Å². The summed E-state index contributed by atoms with van der Waals surface area (Å²) >= 11 is 0. The van der Waals surface area contributed by atoms with Crippen molar-refractivity contribution < 1.29 is 80.1 Å². The Bertz CT molecular complexity index is 2760. The number of aliphatic hydroxyl groups excluding tert-OH is 2. The van der Waals surface area contributed by atoms with Crippen LogP contribution in [0.4, 0.5) is 0 Å². The predicted molar refractivity (Wildman–Crippen MR) is 285 cm³/mol. The van der Waals surface area contributed by atoms with Crippen LogP contribution < -0.4 is 0 Å². The molecule has 9 rings (SSSR count). The smallest absolute Gasteiger partial charge is 0.155 e. The fraction of sp³-hybridized carbons (Fsp3) is 0.0952. The molecule has 377 valence electrons. The number of pyridine rings is 3. The van der Waals surface area contributed by atoms with Gasteiger partial charge in [0.15, 0.2) is 11.6 Å². The first-order valence-corrected chi connectivity index (χ1v) is 22.6. The van der Waals surface area contributed by atoms with Gasteiger partial charge in [-0.1, -0.05) is 126 Å². The van der Waals surface area contributed by atoms with Crippen molar-refractivity contribution in [1.29, 1.82) is 0 Å². The van der Waals surface area contributed by atoms with Gasteiger partial charge >= 0.3 is 0 Å². The van der Waals surface area contributed by atoms with Crippen LogP contribution in [-0.2, 0) is 69.9 Å². The summed E-state index contributed by atoms with van der Waals surface area (Å²) in [5.41, 5.74) is 15.5. The van der Waals surface area contributed by atoms with Gasteiger partial charge < -0.3 is 25.2 Å². The third-order valence-electron chi connectivity index (χ3n) is 9.84. The van der Waals surface area contributed by atoms with Gasteiger partial charge in [-0.15, -0.1) is 108 Å². The summed E-state index contributed by atoms with van der Waals surface area (Å²) in [6.45, 7) is 9.94. The van der Waals surface area contributed by atoms with Gasteiger partial charge in [0.1, 0.15) is 0 Å². The van der Waals surface area contributed by atoms with Crippen molar-refractivity contribution in [3.63, 3.8) is 0 Å². The maximum absolute atomic E-state index is 10.0. The summed E-state index contributed by atoms with van der Waals surface area (Å²) in [6.07, 6.45) is 8.08. The fourth-order valence-corrected chi connectivity index (χ4v) is 6.82. The molecule has 3 heterocycles. The predicted octanol–water partition coefficient (Wildman–Crippen LogP) is 15.3. The number of rotatable bonds is 8. The Morgan fingerprint density at radius 1 is 0.384 bits per heavy atom. The molecule has 9 aromatic rings. The van der Waals surface area contributed by atoms with Gasteiger partial charge in [-0.05, 0) is 92.0 Å². The minimum absolute atomic E-state index is 0. The molecule has 10 heteroatoms. The number of nitrogens with zero attached hydrogens (tertiary/aromatic N) is 3. The van der Waals surface area contributed by atoms with Gasteiger partial charge in [-0.25, -0.2) is 0 Å². The van der Waals surface area contributed by atoms with Crippen molar-refractivity contribution in [3.05, 3.63) is 260 Å². The van der Waals surface area contributed by atoms with E-state index in [0.717, 1.165) is 50.5 Å². The van der Waals surface area contributed by atoms with Gasteiger partial charge in [-0.2, -0.15) is 0 Å². The van der Waals surface area contributed by atoms with E-state index in [9.17, 15) is 9.59 Å². The molecule has 0 amide bonds. The van der Waals surface area contributed by atoms with Crippen LogP contribution in [-0.4, -0.2) is 36.7 Å². The zero-order valence-corrected chi connectivity index (χ0v) is 48.5. The molecule has 0 spiro atoms. The number of benzene rings is 6. The monoisotopic (exact) mass is 1500 g/mol. The van der Waals surface area contributed by atoms with E-state index in [0.29, 0.717) is 0 Å². The quantitative estimate of drug-likeness (QED) is 0.0885. The summed E-state index contributed by atoms with van der Waals surface area (Å²) in [6, 6.07) is 72.8. The van der Waals surface area contributed by atoms with Crippen LogP contribution in [0, 0.1) is 32.0 Å². The number of carbonyl (C=O) groups excluding carboxylic acids is 2. The second-order valence-corrected chi connectivity index (χ2v) is 16.0. The fourth-order valence-electron chi connectivity index (χ4n) is 6.82. The van der Waals surface area contributed by atoms with Crippen LogP contribution in [0.3, 0.4) is 0 Å². The average Bonchev–Trinajstić information content (AvgIpc) is 3.37. The molecule has 0 aliphatic carbocycles. The third-order valence-corrected chi connectivity index (χ3v) is 9.84. The van der Waals surface area contributed by atoms with E-state index in [1.807, 2.05) is 140 Å². The molecule has 0 aliphatic heterocycles. The zero-order chi connectivity index (χ0) is 50.1. The van der Waals surface area contributed by atoms with E-state index in [1.54, 1.807) is 0 Å². The third kappa shape index (κ3) is 22.6. The molecule has 2 N–H and O–H groups in total. The van der Waals surface area contributed by atoms with Crippen molar-refractivity contribution in [3.8, 4) is 67.2 Å². The standard InChI is InChI=1S/C19H16N.2C17H12N.2C5H8O2.3Ir/c1-14-10-15(2)12-18(11-14)17-8-9-19(20-13-17)16-6-4-3-5-7-16;2*1-3-7-14(8-4-1)16-11-12-17(18-13-16)15-9-5-2-6-10-15;2*1-4(6)3-5(2)7;;;/h3-6,8-13H,1-2H3;2*1-9,11-13H;2*3,6H,1-2H3;;;/q3*-1;;;;;. The maximum atomic E-state index is 10.0. The largest absolute Gasteiger partial charge is 0.512 e. The molecule has 0 unspecified atom stereocenters. The summed E-state index contributed by atoms with van der Waals surface area (Å²) in [5, 5.41) is 16.7. The summed E-state index contributed by atoms with van der Waals surface area (Å²) in [5.74, 6) is -0.125. The SMILES string of the molecule is CC(=O)C=C(C)O.CC(=O)C=C(C)O.Cc1cc(C)cc(-c2ccc(-c3[c-]cccc3)nc2)c1.[Ir].[Ir].[Ir].[c-]1ccccc1-c1ccc(-c2ccccc2)cn1.[c-]1ccccc1-c1ccc(-c2ccccc2)cn1. The van der Waals surface area contributed by atoms with E-state index < -0.39 is 0 Å². The maximum Gasteiger partial charge on any atom is 0.155 e. The Labute approximate surface area is 471 Å². The minimum Gasteiger partial charge on any atom is -0.512 e. The van der Waals surface area contributed by atoms with Crippen LogP contribution in [0.5, 0.6) is 0 Å². The molecule has 0 saturated heterocycles. The number of hydrogen-bond acceptors (Lipinski definition) is 7. The molecule has 3 radical (unpaired) electrons. The van der Waals surface area contributed by atoms with E-state index >= 15 is 0 Å². The number of allylic oxidation sites excluding steroid dienone is 4. The second kappa shape index (κ2) is 33.7. The Morgan fingerprint density at radius 2 is 0.685 bits per heavy atom. The van der Waals surface area contributed by atoms with Crippen LogP contribution in [0.1, 0.15) is 38.8 Å². The molecule has 73 heavy (non-hydrogen) atoms. The van der Waals surface area contributed by atoms with Gasteiger partial charge in [0.2, 0.25) is 0 Å². The van der Waals surface area contributed by atoms with Crippen molar-refractivity contribution in [2.45, 2.75) is 41.5 Å². The summed E-state index contributed by atoms with van der Waals surface area (Å²) in [7, 11) is 0. The van der Waals surface area contributed by atoms with Crippen LogP contribution in [0.15, 0.2) is 230 Å². The van der Waals surface area contributed by atoms with E-state index in [2.05, 4.69) is 114 Å². The molecule has 6 aromatic carbocycles. The zero-order valence-electron chi connectivity index (χ0n) is 41.3. The van der Waals surface area contributed by atoms with Crippen LogP contribution in [0.2, 0.25) is 0 Å². The average molecular weight is 1500 g/mol. The first-order valence-electron chi connectivity index (χ1n) is 22.6. The first kappa shape index (κ1) is 62.3. The van der Waals surface area contributed by atoms with Gasteiger partial charge in [0, 0.05) is 91.1 Å². The Balaban J connectivity index is 0.000000327. The Hall–Kier alpha value is -6.86. The minimum atomic E-state index is -0.125. The van der Waals surface area contributed by atoms with E-state index in [4.69, 9.17) is 10.2 Å². The number of hydrogen-bond donors (Lipinski definition) is 2. The normalized spacial score (nSPS) is 10.1. The van der Waals surface area contributed by atoms with E-state index in [1.165, 1.54) is 67.7 Å². The molecule has 0 bridgehead atoms. The molecule has 0 saturated carbocycles. The first-order chi connectivity index (χ1) is 33.8. The summed E-state index contributed by atoms with van der Waals surface area (Å²) in [4.78, 5) is 33.6. The molecular weight excluding hydrogens is 1440 g/mol. The van der Waals surface area contributed by atoms with Crippen LogP contribution >= 0.6 is 0 Å². The molecule has 0 fully saturated rings. The van der Waals surface area contributed by atoms with Crippen LogP contribution in [0.25, 0.3) is 67.2 Å². The van der Waals surface area contributed by atoms with Gasteiger partial charge in [0.05, 0.1) is 11.5 Å². The van der Waals surface area contributed by atoms with E-state index in [-0.39, 0.29) is 83.4 Å². The molecular formula is C63H56Ir3N3O4-3. The Kier molecular flexibility index (Phi) is 28.8. The summed E-state index contributed by atoms with van der Waals surface area (Å²) < 4.78 is 0.